The molecule has 0 saturated carbocycles. The van der Waals surface area contributed by atoms with Crippen LogP contribution in [0.15, 0.2) is 71.6 Å². The Morgan fingerprint density at radius 3 is 2.45 bits per heavy atom. The van der Waals surface area contributed by atoms with Crippen molar-refractivity contribution in [3.05, 3.63) is 83.6 Å². The topological polar surface area (TPSA) is 93.1 Å². The van der Waals surface area contributed by atoms with Crippen molar-refractivity contribution in [1.29, 1.82) is 0 Å². The molecule has 8 heteroatoms. The van der Waals surface area contributed by atoms with E-state index in [0.717, 1.165) is 11.3 Å². The number of nitrogens with one attached hydrogen (secondary N) is 2. The fraction of sp³-hybridized carbons (Fsp3) is 0.143. The first-order valence-electron chi connectivity index (χ1n) is 8.98. The molecule has 1 heterocycles. The van der Waals surface area contributed by atoms with Crippen LogP contribution in [-0.4, -0.2) is 31.2 Å². The molecule has 0 spiro atoms. The average Bonchev–Trinajstić information content (AvgIpc) is 3.06. The van der Waals surface area contributed by atoms with E-state index in [2.05, 4.69) is 15.1 Å². The molecular formula is C21H22N4O3S. The standard InChI is InChI=1S/C21H22N4O3S/c1-16-14-20(25(24-16)15-18-6-4-3-5-7-18)23-21(26)13-10-17-8-11-19(12-9-17)29(27,28)22-2/h3-14,22H,15H2,1-2H3,(H,23,26). The maximum Gasteiger partial charge on any atom is 0.249 e. The predicted octanol–water partition coefficient (Wildman–Crippen LogP) is 2.80. The molecule has 0 aliphatic rings. The van der Waals surface area contributed by atoms with E-state index in [0.29, 0.717) is 17.9 Å². The molecule has 0 saturated heterocycles. The number of hydrogen-bond donors (Lipinski definition) is 2. The van der Waals surface area contributed by atoms with Crippen LogP contribution in [0.1, 0.15) is 16.8 Å². The third-order valence-corrected chi connectivity index (χ3v) is 5.65. The van der Waals surface area contributed by atoms with Crippen LogP contribution in [0.4, 0.5) is 5.82 Å². The molecule has 0 aliphatic heterocycles. The number of anilines is 1. The van der Waals surface area contributed by atoms with Crippen LogP contribution in [0.3, 0.4) is 0 Å². The highest BCUT2D eigenvalue weighted by atomic mass is 32.2. The summed E-state index contributed by atoms with van der Waals surface area (Å²) in [5.41, 5.74) is 2.60. The molecule has 150 valence electrons. The smallest absolute Gasteiger partial charge is 0.249 e. The maximum atomic E-state index is 12.3. The van der Waals surface area contributed by atoms with Crippen molar-refractivity contribution < 1.29 is 13.2 Å². The van der Waals surface area contributed by atoms with Crippen molar-refractivity contribution in [2.75, 3.05) is 12.4 Å². The van der Waals surface area contributed by atoms with Gasteiger partial charge in [0.05, 0.1) is 17.1 Å². The predicted molar refractivity (Wildman–Crippen MR) is 113 cm³/mol. The fourth-order valence-corrected chi connectivity index (χ4v) is 3.47. The highest BCUT2D eigenvalue weighted by molar-refractivity contribution is 7.89. The molecule has 3 rings (SSSR count). The summed E-state index contributed by atoms with van der Waals surface area (Å²) in [6.07, 6.45) is 3.02. The van der Waals surface area contributed by atoms with E-state index in [1.165, 1.54) is 25.3 Å². The minimum atomic E-state index is -3.48. The summed E-state index contributed by atoms with van der Waals surface area (Å²) in [4.78, 5) is 12.5. The van der Waals surface area contributed by atoms with Crippen LogP contribution in [0.25, 0.3) is 6.08 Å². The van der Waals surface area contributed by atoms with Crippen LogP contribution < -0.4 is 10.0 Å². The van der Waals surface area contributed by atoms with E-state index < -0.39 is 10.0 Å². The Balaban J connectivity index is 1.68. The molecule has 7 nitrogen and oxygen atoms in total. The molecule has 29 heavy (non-hydrogen) atoms. The number of aryl methyl sites for hydroxylation is 1. The molecule has 2 aromatic carbocycles. The third-order valence-electron chi connectivity index (χ3n) is 4.21. The van der Waals surface area contributed by atoms with Gasteiger partial charge in [0.15, 0.2) is 0 Å². The van der Waals surface area contributed by atoms with Crippen molar-refractivity contribution in [2.45, 2.75) is 18.4 Å². The third kappa shape index (κ3) is 5.40. The van der Waals surface area contributed by atoms with Gasteiger partial charge in [0.1, 0.15) is 5.82 Å². The second-order valence-electron chi connectivity index (χ2n) is 6.41. The summed E-state index contributed by atoms with van der Waals surface area (Å²) < 4.78 is 27.5. The molecule has 0 aliphatic carbocycles. The molecule has 0 unspecified atom stereocenters. The van der Waals surface area contributed by atoms with Gasteiger partial charge in [-0.25, -0.2) is 17.8 Å². The Hall–Kier alpha value is -3.23. The van der Waals surface area contributed by atoms with E-state index in [9.17, 15) is 13.2 Å². The first kappa shape index (κ1) is 20.5. The lowest BCUT2D eigenvalue weighted by Gasteiger charge is -2.08. The Bertz CT molecular complexity index is 1120. The quantitative estimate of drug-likeness (QED) is 0.586. The van der Waals surface area contributed by atoms with Gasteiger partial charge in [-0.05, 0) is 43.3 Å². The van der Waals surface area contributed by atoms with Crippen LogP contribution in [0.5, 0.6) is 0 Å². The monoisotopic (exact) mass is 410 g/mol. The van der Waals surface area contributed by atoms with Crippen molar-refractivity contribution in [3.8, 4) is 0 Å². The number of rotatable bonds is 7. The van der Waals surface area contributed by atoms with Crippen molar-refractivity contribution in [3.63, 3.8) is 0 Å². The summed E-state index contributed by atoms with van der Waals surface area (Å²) in [6.45, 7) is 2.42. The second kappa shape index (κ2) is 8.85. The number of sulfonamides is 1. The molecule has 0 atom stereocenters. The van der Waals surface area contributed by atoms with Crippen molar-refractivity contribution >= 4 is 27.8 Å². The van der Waals surface area contributed by atoms with Crippen molar-refractivity contribution in [2.24, 2.45) is 0 Å². The Morgan fingerprint density at radius 1 is 1.10 bits per heavy atom. The van der Waals surface area contributed by atoms with Gasteiger partial charge in [0, 0.05) is 12.1 Å². The molecule has 1 amide bonds. The van der Waals surface area contributed by atoms with Gasteiger partial charge in [-0.1, -0.05) is 42.5 Å². The number of carbonyl (C=O) groups is 1. The minimum Gasteiger partial charge on any atom is -0.307 e. The Kier molecular flexibility index (Phi) is 6.26. The maximum absolute atomic E-state index is 12.3. The van der Waals surface area contributed by atoms with Crippen LogP contribution in [-0.2, 0) is 21.4 Å². The molecule has 0 fully saturated rings. The Morgan fingerprint density at radius 2 is 1.79 bits per heavy atom. The summed E-state index contributed by atoms with van der Waals surface area (Å²) >= 11 is 0. The molecule has 1 aromatic heterocycles. The first-order valence-corrected chi connectivity index (χ1v) is 10.5. The van der Waals surface area contributed by atoms with E-state index in [4.69, 9.17) is 0 Å². The van der Waals surface area contributed by atoms with Gasteiger partial charge in [-0.2, -0.15) is 5.10 Å². The summed E-state index contributed by atoms with van der Waals surface area (Å²) in [7, 11) is -2.12. The molecule has 3 aromatic rings. The number of carbonyl (C=O) groups excluding carboxylic acids is 1. The van der Waals surface area contributed by atoms with Gasteiger partial charge in [-0.15, -0.1) is 0 Å². The van der Waals surface area contributed by atoms with Gasteiger partial charge in [0.2, 0.25) is 15.9 Å². The van der Waals surface area contributed by atoms with E-state index in [1.807, 2.05) is 43.3 Å². The van der Waals surface area contributed by atoms with E-state index in [-0.39, 0.29) is 10.8 Å². The Labute approximate surface area is 170 Å². The zero-order valence-electron chi connectivity index (χ0n) is 16.2. The lowest BCUT2D eigenvalue weighted by molar-refractivity contribution is -0.111. The number of hydrogen-bond acceptors (Lipinski definition) is 4. The molecule has 2 N–H and O–H groups in total. The highest BCUT2D eigenvalue weighted by Crippen LogP contribution is 2.14. The zero-order valence-corrected chi connectivity index (χ0v) is 17.0. The van der Waals surface area contributed by atoms with E-state index in [1.54, 1.807) is 22.9 Å². The number of aromatic nitrogens is 2. The first-order chi connectivity index (χ1) is 13.9. The normalized spacial score (nSPS) is 11.7. The van der Waals surface area contributed by atoms with Gasteiger partial charge in [0.25, 0.3) is 0 Å². The van der Waals surface area contributed by atoms with Crippen molar-refractivity contribution in [1.82, 2.24) is 14.5 Å². The lowest BCUT2D eigenvalue weighted by Crippen LogP contribution is -2.18. The molecule has 0 radical (unpaired) electrons. The van der Waals surface area contributed by atoms with Gasteiger partial charge < -0.3 is 5.32 Å². The minimum absolute atomic E-state index is 0.168. The zero-order chi connectivity index (χ0) is 20.9. The summed E-state index contributed by atoms with van der Waals surface area (Å²) in [6, 6.07) is 17.9. The second-order valence-corrected chi connectivity index (χ2v) is 8.30. The SMILES string of the molecule is CNS(=O)(=O)c1ccc(C=CC(=O)Nc2cc(C)nn2Cc2ccccc2)cc1. The highest BCUT2D eigenvalue weighted by Gasteiger charge is 2.10. The van der Waals surface area contributed by atoms with Gasteiger partial charge >= 0.3 is 0 Å². The number of nitrogens with zero attached hydrogens (tertiary/aromatic N) is 2. The van der Waals surface area contributed by atoms with Crippen LogP contribution >= 0.6 is 0 Å². The fourth-order valence-electron chi connectivity index (χ4n) is 2.74. The summed E-state index contributed by atoms with van der Waals surface area (Å²) in [5.74, 6) is 0.308. The largest absolute Gasteiger partial charge is 0.307 e. The average molecular weight is 410 g/mol. The molecule has 0 bridgehead atoms. The summed E-state index contributed by atoms with van der Waals surface area (Å²) in [5, 5.41) is 7.27. The van der Waals surface area contributed by atoms with Crippen LogP contribution in [0.2, 0.25) is 0 Å². The lowest BCUT2D eigenvalue weighted by atomic mass is 10.2. The number of benzene rings is 2. The van der Waals surface area contributed by atoms with Crippen LogP contribution in [0, 0.1) is 6.92 Å². The van der Waals surface area contributed by atoms with Gasteiger partial charge in [-0.3, -0.25) is 4.79 Å². The van der Waals surface area contributed by atoms with E-state index >= 15 is 0 Å². The number of amides is 1. The molecular weight excluding hydrogens is 388 g/mol.